The predicted molar refractivity (Wildman–Crippen MR) is 96.7 cm³/mol. The van der Waals surface area contributed by atoms with Crippen LogP contribution in [0.5, 0.6) is 0 Å². The van der Waals surface area contributed by atoms with Crippen LogP contribution in [0.3, 0.4) is 0 Å². The van der Waals surface area contributed by atoms with Gasteiger partial charge in [-0.05, 0) is 36.8 Å². The molecule has 0 bridgehead atoms. The number of benzene rings is 1. The van der Waals surface area contributed by atoms with E-state index in [1.54, 1.807) is 18.5 Å². The van der Waals surface area contributed by atoms with E-state index in [-0.39, 0.29) is 5.91 Å². The second kappa shape index (κ2) is 7.53. The molecule has 3 aromatic rings. The smallest absolute Gasteiger partial charge is 0.270 e. The second-order valence-electron chi connectivity index (χ2n) is 5.63. The second-order valence-corrected chi connectivity index (χ2v) is 5.63. The maximum atomic E-state index is 12.4. The van der Waals surface area contributed by atoms with Gasteiger partial charge in [0.15, 0.2) is 0 Å². The van der Waals surface area contributed by atoms with Crippen LogP contribution in [-0.4, -0.2) is 27.9 Å². The Hall–Kier alpha value is -3.28. The third-order valence-corrected chi connectivity index (χ3v) is 3.69. The average Bonchev–Trinajstić information content (AvgIpc) is 2.66. The van der Waals surface area contributed by atoms with Gasteiger partial charge in [-0.25, -0.2) is 9.97 Å². The molecule has 0 aliphatic rings. The normalized spacial score (nSPS) is 10.3. The number of hydrogen-bond donors (Lipinski definition) is 1. The van der Waals surface area contributed by atoms with Crippen LogP contribution >= 0.6 is 0 Å². The highest BCUT2D eigenvalue weighted by Crippen LogP contribution is 2.20. The number of aromatic nitrogens is 3. The first-order chi connectivity index (χ1) is 12.1. The van der Waals surface area contributed by atoms with Gasteiger partial charge in [0, 0.05) is 37.4 Å². The molecule has 3 rings (SSSR count). The molecule has 0 atom stereocenters. The quantitative estimate of drug-likeness (QED) is 0.777. The average molecular weight is 333 g/mol. The van der Waals surface area contributed by atoms with E-state index in [1.807, 2.05) is 61.3 Å². The van der Waals surface area contributed by atoms with Crippen LogP contribution in [0.2, 0.25) is 0 Å². The molecule has 2 aromatic heterocycles. The van der Waals surface area contributed by atoms with Crippen LogP contribution in [0.1, 0.15) is 21.7 Å². The summed E-state index contributed by atoms with van der Waals surface area (Å²) in [6, 6.07) is 15.2. The van der Waals surface area contributed by atoms with E-state index in [2.05, 4.69) is 20.3 Å². The van der Waals surface area contributed by atoms with Crippen molar-refractivity contribution < 1.29 is 4.79 Å². The molecule has 1 N–H and O–H groups in total. The van der Waals surface area contributed by atoms with E-state index < -0.39 is 0 Å². The standard InChI is InChI=1S/C19H19N5O/c1-14-11-17(18(25)21-13-15-7-6-10-20-12-15)23-19(22-14)24(2)16-8-4-3-5-9-16/h3-12H,13H2,1-2H3,(H,21,25). The summed E-state index contributed by atoms with van der Waals surface area (Å²) < 4.78 is 0. The van der Waals surface area contributed by atoms with Gasteiger partial charge in [0.25, 0.3) is 5.91 Å². The van der Waals surface area contributed by atoms with Crippen LogP contribution < -0.4 is 10.2 Å². The van der Waals surface area contributed by atoms with Crippen LogP contribution in [-0.2, 0) is 6.54 Å². The van der Waals surface area contributed by atoms with E-state index in [0.29, 0.717) is 18.2 Å². The zero-order valence-corrected chi connectivity index (χ0v) is 14.2. The van der Waals surface area contributed by atoms with Crippen molar-refractivity contribution in [2.45, 2.75) is 13.5 Å². The SMILES string of the molecule is Cc1cc(C(=O)NCc2cccnc2)nc(N(C)c2ccccc2)n1. The lowest BCUT2D eigenvalue weighted by molar-refractivity contribution is 0.0945. The minimum absolute atomic E-state index is 0.239. The highest BCUT2D eigenvalue weighted by molar-refractivity contribution is 5.92. The van der Waals surface area contributed by atoms with Gasteiger partial charge in [-0.15, -0.1) is 0 Å². The van der Waals surface area contributed by atoms with Gasteiger partial charge in [0.05, 0.1) is 0 Å². The Morgan fingerprint density at radius 1 is 1.12 bits per heavy atom. The number of hydrogen-bond acceptors (Lipinski definition) is 5. The van der Waals surface area contributed by atoms with Crippen molar-refractivity contribution in [2.75, 3.05) is 11.9 Å². The van der Waals surface area contributed by atoms with Gasteiger partial charge < -0.3 is 10.2 Å². The van der Waals surface area contributed by atoms with Crippen LogP contribution in [0.15, 0.2) is 60.9 Å². The Bertz CT molecular complexity index is 852. The van der Waals surface area contributed by atoms with Gasteiger partial charge in [-0.1, -0.05) is 24.3 Å². The lowest BCUT2D eigenvalue weighted by atomic mass is 10.2. The number of pyridine rings is 1. The Labute approximate surface area is 146 Å². The van der Waals surface area contributed by atoms with Crippen molar-refractivity contribution in [1.82, 2.24) is 20.3 Å². The lowest BCUT2D eigenvalue weighted by Crippen LogP contribution is -2.25. The van der Waals surface area contributed by atoms with Crippen LogP contribution in [0.25, 0.3) is 0 Å². The summed E-state index contributed by atoms with van der Waals surface area (Å²) in [4.78, 5) is 27.2. The molecule has 0 aliphatic heterocycles. The van der Waals surface area contributed by atoms with E-state index in [4.69, 9.17) is 0 Å². The number of anilines is 2. The molecular weight excluding hydrogens is 314 g/mol. The summed E-state index contributed by atoms with van der Waals surface area (Å²) in [5.41, 5.74) is 2.96. The zero-order chi connectivity index (χ0) is 17.6. The number of carbonyl (C=O) groups is 1. The number of aryl methyl sites for hydroxylation is 1. The number of amides is 1. The number of para-hydroxylation sites is 1. The molecule has 25 heavy (non-hydrogen) atoms. The largest absolute Gasteiger partial charge is 0.347 e. The fourth-order valence-corrected chi connectivity index (χ4v) is 2.36. The molecule has 0 aliphatic carbocycles. The number of rotatable bonds is 5. The van der Waals surface area contributed by atoms with Crippen LogP contribution in [0, 0.1) is 6.92 Å². The molecule has 1 amide bonds. The number of nitrogens with one attached hydrogen (secondary N) is 1. The molecule has 0 saturated heterocycles. The van der Waals surface area contributed by atoms with Crippen LogP contribution in [0.4, 0.5) is 11.6 Å². The molecule has 0 fully saturated rings. The Morgan fingerprint density at radius 3 is 2.64 bits per heavy atom. The molecule has 6 heteroatoms. The highest BCUT2D eigenvalue weighted by Gasteiger charge is 2.13. The molecule has 0 spiro atoms. The van der Waals surface area contributed by atoms with Gasteiger partial charge in [0.2, 0.25) is 5.95 Å². The van der Waals surface area contributed by atoms with Crippen molar-refractivity contribution in [2.24, 2.45) is 0 Å². The van der Waals surface area contributed by atoms with E-state index in [9.17, 15) is 4.79 Å². The molecule has 126 valence electrons. The Balaban J connectivity index is 1.78. The predicted octanol–water partition coefficient (Wildman–Crippen LogP) is 2.88. The van der Waals surface area contributed by atoms with Gasteiger partial charge in [-0.2, -0.15) is 0 Å². The highest BCUT2D eigenvalue weighted by atomic mass is 16.1. The maximum absolute atomic E-state index is 12.4. The Kier molecular flexibility index (Phi) is 4.99. The zero-order valence-electron chi connectivity index (χ0n) is 14.2. The van der Waals surface area contributed by atoms with E-state index in [1.165, 1.54) is 0 Å². The summed E-state index contributed by atoms with van der Waals surface area (Å²) in [5.74, 6) is 0.245. The van der Waals surface area contributed by atoms with Crippen molar-refractivity contribution in [3.05, 3.63) is 77.9 Å². The van der Waals surface area contributed by atoms with E-state index in [0.717, 1.165) is 16.9 Å². The Morgan fingerprint density at radius 2 is 1.92 bits per heavy atom. The maximum Gasteiger partial charge on any atom is 0.270 e. The van der Waals surface area contributed by atoms with Crippen molar-refractivity contribution in [1.29, 1.82) is 0 Å². The van der Waals surface area contributed by atoms with Crippen molar-refractivity contribution in [3.8, 4) is 0 Å². The minimum Gasteiger partial charge on any atom is -0.347 e. The summed E-state index contributed by atoms with van der Waals surface area (Å²) >= 11 is 0. The number of carbonyl (C=O) groups excluding carboxylic acids is 1. The molecule has 0 saturated carbocycles. The molecule has 0 radical (unpaired) electrons. The first-order valence-electron chi connectivity index (χ1n) is 7.95. The number of nitrogens with zero attached hydrogens (tertiary/aromatic N) is 4. The first-order valence-corrected chi connectivity index (χ1v) is 7.95. The monoisotopic (exact) mass is 333 g/mol. The van der Waals surface area contributed by atoms with Gasteiger partial charge >= 0.3 is 0 Å². The summed E-state index contributed by atoms with van der Waals surface area (Å²) in [5, 5.41) is 2.86. The summed E-state index contributed by atoms with van der Waals surface area (Å²) in [6.07, 6.45) is 3.42. The molecule has 2 heterocycles. The van der Waals surface area contributed by atoms with Gasteiger partial charge in [-0.3, -0.25) is 9.78 Å². The third kappa shape index (κ3) is 4.17. The first kappa shape index (κ1) is 16.6. The fraction of sp³-hybridized carbons (Fsp3) is 0.158. The summed E-state index contributed by atoms with van der Waals surface area (Å²) in [6.45, 7) is 2.25. The van der Waals surface area contributed by atoms with Gasteiger partial charge in [0.1, 0.15) is 5.69 Å². The fourth-order valence-electron chi connectivity index (χ4n) is 2.36. The van der Waals surface area contributed by atoms with E-state index >= 15 is 0 Å². The van der Waals surface area contributed by atoms with Crippen molar-refractivity contribution >= 4 is 17.5 Å². The lowest BCUT2D eigenvalue weighted by Gasteiger charge is -2.18. The molecule has 0 unspecified atom stereocenters. The summed E-state index contributed by atoms with van der Waals surface area (Å²) in [7, 11) is 1.88. The topological polar surface area (TPSA) is 71.0 Å². The minimum atomic E-state index is -0.239. The van der Waals surface area contributed by atoms with Crippen molar-refractivity contribution in [3.63, 3.8) is 0 Å². The molecule has 6 nitrogen and oxygen atoms in total. The molecular formula is C19H19N5O. The molecule has 1 aromatic carbocycles. The third-order valence-electron chi connectivity index (χ3n) is 3.69.